The van der Waals surface area contributed by atoms with E-state index in [1.165, 1.54) is 19.3 Å². The van der Waals surface area contributed by atoms with Crippen molar-refractivity contribution in [3.05, 3.63) is 5.82 Å². The maximum Gasteiger partial charge on any atom is 0.324 e. The van der Waals surface area contributed by atoms with E-state index in [1.54, 1.807) is 7.05 Å². The molecule has 2 atom stereocenters. The largest absolute Gasteiger partial charge is 0.358 e. The molecule has 0 aliphatic carbocycles. The highest BCUT2D eigenvalue weighted by Crippen LogP contribution is 2.29. The first-order valence-electron chi connectivity index (χ1n) is 10.9. The molecule has 4 heterocycles. The van der Waals surface area contributed by atoms with Gasteiger partial charge >= 0.3 is 6.01 Å². The van der Waals surface area contributed by atoms with Gasteiger partial charge in [-0.1, -0.05) is 5.16 Å². The van der Waals surface area contributed by atoms with Crippen molar-refractivity contribution < 1.29 is 9.32 Å². The zero-order valence-electron chi connectivity index (χ0n) is 17.3. The van der Waals surface area contributed by atoms with E-state index in [0.29, 0.717) is 23.9 Å². The second kappa shape index (κ2) is 8.78. The Kier molecular flexibility index (Phi) is 6.16. The SMILES string of the molecule is CNC(=O)C1CCCN1C1CCN(C2CCCN(c3nc(C)no3)CC2)CC1. The third-order valence-electron chi connectivity index (χ3n) is 6.81. The van der Waals surface area contributed by atoms with Gasteiger partial charge in [0.2, 0.25) is 5.91 Å². The zero-order valence-corrected chi connectivity index (χ0v) is 17.3. The molecule has 0 saturated carbocycles. The van der Waals surface area contributed by atoms with E-state index < -0.39 is 0 Å². The molecule has 1 amide bonds. The number of amides is 1. The number of aryl methyl sites for hydroxylation is 1. The highest BCUT2D eigenvalue weighted by atomic mass is 16.5. The van der Waals surface area contributed by atoms with Gasteiger partial charge in [-0.15, -0.1) is 0 Å². The van der Waals surface area contributed by atoms with E-state index in [0.717, 1.165) is 58.4 Å². The molecule has 3 fully saturated rings. The number of nitrogens with one attached hydrogen (secondary N) is 1. The minimum atomic E-state index is 0.0888. The fourth-order valence-corrected chi connectivity index (χ4v) is 5.31. The molecule has 1 aromatic rings. The smallest absolute Gasteiger partial charge is 0.324 e. The molecule has 2 unspecified atom stereocenters. The molecular weight excluding hydrogens is 356 g/mol. The average Bonchev–Trinajstić information content (AvgIpc) is 3.31. The third-order valence-corrected chi connectivity index (χ3v) is 6.81. The fraction of sp³-hybridized carbons (Fsp3) is 0.850. The van der Waals surface area contributed by atoms with Crippen LogP contribution < -0.4 is 10.2 Å². The molecule has 0 aromatic carbocycles. The summed E-state index contributed by atoms with van der Waals surface area (Å²) in [6, 6.07) is 1.96. The Balaban J connectivity index is 1.28. The van der Waals surface area contributed by atoms with E-state index in [4.69, 9.17) is 4.52 Å². The van der Waals surface area contributed by atoms with Gasteiger partial charge in [0.1, 0.15) is 0 Å². The minimum Gasteiger partial charge on any atom is -0.358 e. The van der Waals surface area contributed by atoms with Crippen molar-refractivity contribution in [3.63, 3.8) is 0 Å². The van der Waals surface area contributed by atoms with Gasteiger partial charge in [0.05, 0.1) is 6.04 Å². The lowest BCUT2D eigenvalue weighted by Gasteiger charge is -2.41. The molecule has 3 aliphatic rings. The number of anilines is 1. The van der Waals surface area contributed by atoms with E-state index in [1.807, 2.05) is 6.92 Å². The summed E-state index contributed by atoms with van der Waals surface area (Å²) in [6.45, 7) is 7.21. The van der Waals surface area contributed by atoms with Crippen LogP contribution in [0.2, 0.25) is 0 Å². The first kappa shape index (κ1) is 19.6. The second-order valence-electron chi connectivity index (χ2n) is 8.47. The quantitative estimate of drug-likeness (QED) is 0.833. The summed E-state index contributed by atoms with van der Waals surface area (Å²) in [5.41, 5.74) is 0. The van der Waals surface area contributed by atoms with Crippen molar-refractivity contribution in [2.75, 3.05) is 44.7 Å². The number of hydrogen-bond acceptors (Lipinski definition) is 7. The number of carbonyl (C=O) groups excluding carboxylic acids is 1. The van der Waals surface area contributed by atoms with Gasteiger partial charge in [-0.25, -0.2) is 0 Å². The predicted octanol–water partition coefficient (Wildman–Crippen LogP) is 1.41. The molecule has 8 nitrogen and oxygen atoms in total. The summed E-state index contributed by atoms with van der Waals surface area (Å²) in [6.07, 6.45) is 8.05. The number of carbonyl (C=O) groups is 1. The number of piperidine rings is 1. The van der Waals surface area contributed by atoms with Crippen LogP contribution >= 0.6 is 0 Å². The van der Waals surface area contributed by atoms with Gasteiger partial charge in [-0.05, 0) is 71.5 Å². The van der Waals surface area contributed by atoms with Crippen LogP contribution in [-0.4, -0.2) is 83.7 Å². The maximum atomic E-state index is 12.2. The number of likely N-dealkylation sites (tertiary alicyclic amines) is 2. The Labute approximate surface area is 167 Å². The number of rotatable bonds is 4. The van der Waals surface area contributed by atoms with E-state index in [2.05, 4.69) is 30.2 Å². The van der Waals surface area contributed by atoms with Crippen LogP contribution in [0.25, 0.3) is 0 Å². The van der Waals surface area contributed by atoms with Crippen molar-refractivity contribution >= 4 is 11.9 Å². The van der Waals surface area contributed by atoms with Crippen LogP contribution in [0.3, 0.4) is 0 Å². The van der Waals surface area contributed by atoms with Gasteiger partial charge in [0.25, 0.3) is 0 Å². The van der Waals surface area contributed by atoms with E-state index >= 15 is 0 Å². The van der Waals surface area contributed by atoms with Gasteiger partial charge in [0, 0.05) is 32.2 Å². The van der Waals surface area contributed by atoms with Crippen molar-refractivity contribution in [2.24, 2.45) is 0 Å². The molecule has 0 bridgehead atoms. The van der Waals surface area contributed by atoms with Crippen LogP contribution in [0.5, 0.6) is 0 Å². The molecule has 3 aliphatic heterocycles. The van der Waals surface area contributed by atoms with Crippen molar-refractivity contribution in [2.45, 2.75) is 70.0 Å². The Morgan fingerprint density at radius 3 is 2.46 bits per heavy atom. The second-order valence-corrected chi connectivity index (χ2v) is 8.47. The summed E-state index contributed by atoms with van der Waals surface area (Å²) in [4.78, 5) is 24.0. The predicted molar refractivity (Wildman–Crippen MR) is 107 cm³/mol. The molecule has 0 radical (unpaired) electrons. The average molecular weight is 391 g/mol. The Bertz CT molecular complexity index is 657. The van der Waals surface area contributed by atoms with E-state index in [-0.39, 0.29) is 11.9 Å². The number of likely N-dealkylation sites (N-methyl/N-ethyl adjacent to an activating group) is 1. The molecule has 3 saturated heterocycles. The molecule has 1 aromatic heterocycles. The maximum absolute atomic E-state index is 12.2. The number of nitrogens with zero attached hydrogens (tertiary/aromatic N) is 5. The highest BCUT2D eigenvalue weighted by Gasteiger charge is 2.37. The first-order valence-corrected chi connectivity index (χ1v) is 10.9. The zero-order chi connectivity index (χ0) is 19.5. The molecule has 28 heavy (non-hydrogen) atoms. The highest BCUT2D eigenvalue weighted by molar-refractivity contribution is 5.81. The summed E-state index contributed by atoms with van der Waals surface area (Å²) >= 11 is 0. The number of aromatic nitrogens is 2. The fourth-order valence-electron chi connectivity index (χ4n) is 5.31. The molecule has 4 rings (SSSR count). The molecule has 0 spiro atoms. The summed E-state index contributed by atoms with van der Waals surface area (Å²) in [7, 11) is 1.76. The molecular formula is C20H34N6O2. The van der Waals surface area contributed by atoms with Crippen molar-refractivity contribution in [1.82, 2.24) is 25.3 Å². The van der Waals surface area contributed by atoms with Crippen LogP contribution in [0.1, 0.15) is 50.8 Å². The lowest BCUT2D eigenvalue weighted by Crippen LogP contribution is -2.52. The lowest BCUT2D eigenvalue weighted by molar-refractivity contribution is -0.126. The van der Waals surface area contributed by atoms with Gasteiger partial charge in [-0.3, -0.25) is 9.69 Å². The van der Waals surface area contributed by atoms with Gasteiger partial charge in [-0.2, -0.15) is 4.98 Å². The van der Waals surface area contributed by atoms with Crippen molar-refractivity contribution in [1.29, 1.82) is 0 Å². The Morgan fingerprint density at radius 1 is 1.00 bits per heavy atom. The standard InChI is InChI=1S/C20H34N6O2/c1-15-22-20(28-23-15)25-10-3-5-16(7-14-25)24-12-8-17(9-13-24)26-11-4-6-18(26)19(27)21-2/h16-18H,3-14H2,1-2H3,(H,21,27). The van der Waals surface area contributed by atoms with Crippen LogP contribution in [0, 0.1) is 6.92 Å². The summed E-state index contributed by atoms with van der Waals surface area (Å²) < 4.78 is 5.36. The Morgan fingerprint density at radius 2 is 1.75 bits per heavy atom. The van der Waals surface area contributed by atoms with Crippen molar-refractivity contribution in [3.8, 4) is 0 Å². The monoisotopic (exact) mass is 390 g/mol. The molecule has 8 heteroatoms. The van der Waals surface area contributed by atoms with Crippen LogP contribution in [-0.2, 0) is 4.79 Å². The van der Waals surface area contributed by atoms with Crippen LogP contribution in [0.4, 0.5) is 6.01 Å². The summed E-state index contributed by atoms with van der Waals surface area (Å²) in [5.74, 6) is 0.898. The van der Waals surface area contributed by atoms with E-state index in [9.17, 15) is 4.79 Å². The third kappa shape index (κ3) is 4.17. The first-order chi connectivity index (χ1) is 13.7. The molecule has 156 valence electrons. The lowest BCUT2D eigenvalue weighted by atomic mass is 9.98. The van der Waals surface area contributed by atoms with Gasteiger partial charge < -0.3 is 19.6 Å². The van der Waals surface area contributed by atoms with Gasteiger partial charge in [0.15, 0.2) is 5.82 Å². The normalized spacial score (nSPS) is 28.4. The topological polar surface area (TPSA) is 77.7 Å². The number of hydrogen-bond donors (Lipinski definition) is 1. The Hall–Kier alpha value is -1.67. The summed E-state index contributed by atoms with van der Waals surface area (Å²) in [5, 5.41) is 6.78. The molecule has 1 N–H and O–H groups in total. The minimum absolute atomic E-state index is 0.0888. The van der Waals surface area contributed by atoms with Crippen LogP contribution in [0.15, 0.2) is 4.52 Å².